The molecule has 5 fully saturated rings. The highest BCUT2D eigenvalue weighted by Crippen LogP contribution is 2.48. The molecule has 1 aliphatic carbocycles. The van der Waals surface area contributed by atoms with E-state index in [4.69, 9.17) is 4.74 Å². The SMILES string of the molecule is COc1cc(N2CCC(N3CCN(CC4CCN(c5ccc6c(c5)C(=O)N(C5CCC(=O)NC5=O)C6=O)CC4)CC3)CC2)c(C2CC2)cc1[N+](=O)[O-]. The van der Waals surface area contributed by atoms with Crippen molar-refractivity contribution in [3.63, 3.8) is 0 Å². The second-order valence-electron chi connectivity index (χ2n) is 15.3. The van der Waals surface area contributed by atoms with Crippen LogP contribution in [0.15, 0.2) is 30.3 Å². The molecule has 5 heterocycles. The quantitative estimate of drug-likeness (QED) is 0.232. The van der Waals surface area contributed by atoms with E-state index in [9.17, 15) is 29.3 Å². The molecule has 1 saturated carbocycles. The van der Waals surface area contributed by atoms with Crippen LogP contribution in [0.25, 0.3) is 0 Å². The zero-order valence-electron chi connectivity index (χ0n) is 29.8. The highest BCUT2D eigenvalue weighted by Gasteiger charge is 2.45. The monoisotopic (exact) mass is 713 g/mol. The number of anilines is 2. The van der Waals surface area contributed by atoms with E-state index < -0.39 is 23.8 Å². The van der Waals surface area contributed by atoms with Crippen molar-refractivity contribution in [2.24, 2.45) is 5.92 Å². The third kappa shape index (κ3) is 6.62. The Kier molecular flexibility index (Phi) is 9.37. The number of nitrogens with one attached hydrogen (secondary N) is 1. The fraction of sp³-hybridized carbons (Fsp3) is 0.579. The van der Waals surface area contributed by atoms with Gasteiger partial charge >= 0.3 is 5.69 Å². The Morgan fingerprint density at radius 3 is 2.15 bits per heavy atom. The molecule has 6 aliphatic rings. The van der Waals surface area contributed by atoms with E-state index in [1.807, 2.05) is 12.1 Å². The number of imide groups is 2. The van der Waals surface area contributed by atoms with Crippen LogP contribution in [0.4, 0.5) is 17.1 Å². The molecule has 1 unspecified atom stereocenters. The van der Waals surface area contributed by atoms with Gasteiger partial charge in [0.1, 0.15) is 6.04 Å². The lowest BCUT2D eigenvalue weighted by Gasteiger charge is -2.44. The molecule has 0 spiro atoms. The first-order valence-corrected chi connectivity index (χ1v) is 18.9. The van der Waals surface area contributed by atoms with E-state index in [1.165, 1.54) is 7.11 Å². The number of carbonyl (C=O) groups is 4. The zero-order chi connectivity index (χ0) is 36.1. The molecule has 5 aliphatic heterocycles. The normalized spacial score (nSPS) is 24.0. The minimum atomic E-state index is -0.959. The highest BCUT2D eigenvalue weighted by atomic mass is 16.6. The van der Waals surface area contributed by atoms with Crippen LogP contribution in [0, 0.1) is 16.0 Å². The molecule has 14 nitrogen and oxygen atoms in total. The number of nitro groups is 1. The van der Waals surface area contributed by atoms with Crippen LogP contribution in [0.3, 0.4) is 0 Å². The van der Waals surface area contributed by atoms with Crippen LogP contribution in [0.5, 0.6) is 5.75 Å². The predicted octanol–water partition coefficient (Wildman–Crippen LogP) is 3.39. The average molecular weight is 714 g/mol. The van der Waals surface area contributed by atoms with Gasteiger partial charge in [-0.05, 0) is 80.5 Å². The van der Waals surface area contributed by atoms with Crippen LogP contribution in [0.1, 0.15) is 83.6 Å². The number of methoxy groups -OCH3 is 1. The molecule has 14 heteroatoms. The zero-order valence-corrected chi connectivity index (χ0v) is 29.8. The third-order valence-corrected chi connectivity index (χ3v) is 12.2. The lowest BCUT2D eigenvalue weighted by molar-refractivity contribution is -0.385. The van der Waals surface area contributed by atoms with Crippen molar-refractivity contribution < 1.29 is 28.8 Å². The van der Waals surface area contributed by atoms with E-state index >= 15 is 0 Å². The maximum atomic E-state index is 13.3. The van der Waals surface area contributed by atoms with Crippen molar-refractivity contribution in [2.75, 3.05) is 75.8 Å². The van der Waals surface area contributed by atoms with E-state index in [1.54, 1.807) is 18.2 Å². The van der Waals surface area contributed by atoms with Gasteiger partial charge in [0.05, 0.1) is 23.2 Å². The summed E-state index contributed by atoms with van der Waals surface area (Å²) in [4.78, 5) is 72.8. The number of rotatable bonds is 9. The molecule has 1 N–H and O–H groups in total. The van der Waals surface area contributed by atoms with Crippen molar-refractivity contribution >= 4 is 40.7 Å². The van der Waals surface area contributed by atoms with Crippen LogP contribution in [-0.4, -0.2) is 121 Å². The van der Waals surface area contributed by atoms with Crippen molar-refractivity contribution in [3.8, 4) is 5.75 Å². The van der Waals surface area contributed by atoms with Crippen molar-refractivity contribution in [3.05, 3.63) is 57.1 Å². The van der Waals surface area contributed by atoms with Crippen molar-refractivity contribution in [2.45, 2.75) is 69.4 Å². The molecule has 1 atom stereocenters. The Labute approximate surface area is 303 Å². The second kappa shape index (κ2) is 14.1. The van der Waals surface area contributed by atoms with Crippen molar-refractivity contribution in [1.82, 2.24) is 20.0 Å². The summed E-state index contributed by atoms with van der Waals surface area (Å²) in [6.45, 7) is 9.00. The van der Waals surface area contributed by atoms with Crippen LogP contribution in [0.2, 0.25) is 0 Å². The van der Waals surface area contributed by atoms with Gasteiger partial charge in [-0.15, -0.1) is 0 Å². The smallest absolute Gasteiger partial charge is 0.311 e. The molecular weight excluding hydrogens is 666 g/mol. The number of fused-ring (bicyclic) bond motifs is 1. The van der Waals surface area contributed by atoms with Gasteiger partial charge < -0.3 is 19.4 Å². The van der Waals surface area contributed by atoms with Gasteiger partial charge in [-0.1, -0.05) is 0 Å². The largest absolute Gasteiger partial charge is 0.490 e. The maximum Gasteiger partial charge on any atom is 0.311 e. The van der Waals surface area contributed by atoms with Gasteiger partial charge in [-0.2, -0.15) is 0 Å². The summed E-state index contributed by atoms with van der Waals surface area (Å²) in [5.41, 5.74) is 3.82. The summed E-state index contributed by atoms with van der Waals surface area (Å²) in [6, 6.07) is 8.62. The first-order chi connectivity index (χ1) is 25.2. The van der Waals surface area contributed by atoms with Crippen LogP contribution >= 0.6 is 0 Å². The van der Waals surface area contributed by atoms with Crippen LogP contribution < -0.4 is 19.9 Å². The Morgan fingerprint density at radius 2 is 1.50 bits per heavy atom. The predicted molar refractivity (Wildman–Crippen MR) is 193 cm³/mol. The molecule has 0 bridgehead atoms. The minimum absolute atomic E-state index is 0.0589. The number of piperazine rings is 1. The lowest BCUT2D eigenvalue weighted by atomic mass is 9.95. The fourth-order valence-electron chi connectivity index (χ4n) is 9.05. The maximum absolute atomic E-state index is 13.3. The summed E-state index contributed by atoms with van der Waals surface area (Å²) in [5, 5.41) is 13.9. The molecule has 2 aromatic rings. The third-order valence-electron chi connectivity index (χ3n) is 12.2. The molecule has 2 aromatic carbocycles. The number of carbonyl (C=O) groups excluding carboxylic acids is 4. The second-order valence-corrected chi connectivity index (χ2v) is 15.3. The number of nitrogens with zero attached hydrogens (tertiary/aromatic N) is 6. The Hall–Kier alpha value is -4.56. The summed E-state index contributed by atoms with van der Waals surface area (Å²) < 4.78 is 5.42. The summed E-state index contributed by atoms with van der Waals surface area (Å²) in [6.07, 6.45) is 6.70. The number of nitro benzene ring substituents is 1. The Balaban J connectivity index is 0.800. The van der Waals surface area contributed by atoms with Gasteiger partial charge in [-0.25, -0.2) is 0 Å². The number of amides is 4. The molecule has 0 aromatic heterocycles. The summed E-state index contributed by atoms with van der Waals surface area (Å²) in [7, 11) is 1.50. The van der Waals surface area contributed by atoms with Gasteiger partial charge in [0, 0.05) is 94.9 Å². The van der Waals surface area contributed by atoms with Gasteiger partial charge in [-0.3, -0.25) is 44.4 Å². The number of piperidine rings is 3. The molecule has 52 heavy (non-hydrogen) atoms. The number of benzene rings is 2. The van der Waals surface area contributed by atoms with Gasteiger partial charge in [0.25, 0.3) is 11.8 Å². The summed E-state index contributed by atoms with van der Waals surface area (Å²) >= 11 is 0. The molecule has 0 radical (unpaired) electrons. The molecular formula is C38H47N7O7. The molecule has 276 valence electrons. The van der Waals surface area contributed by atoms with E-state index in [0.717, 1.165) is 119 Å². The van der Waals surface area contributed by atoms with Crippen molar-refractivity contribution in [1.29, 1.82) is 0 Å². The van der Waals surface area contributed by atoms with Gasteiger partial charge in [0.2, 0.25) is 11.8 Å². The van der Waals surface area contributed by atoms with E-state index in [-0.39, 0.29) is 29.4 Å². The lowest BCUT2D eigenvalue weighted by Crippen LogP contribution is -2.54. The Morgan fingerprint density at radius 1 is 0.808 bits per heavy atom. The molecule has 4 amide bonds. The first kappa shape index (κ1) is 34.5. The number of ether oxygens (including phenoxy) is 1. The average Bonchev–Trinajstić information content (AvgIpc) is 3.98. The standard InChI is InChI=1S/C38H47N7O7/c1-52-34-22-32(29(25-2-3-25)21-33(34)45(50)51)43-14-10-26(11-15-43)42-18-16-40(17-19-42)23-24-8-12-41(13-9-24)27-4-5-28-30(20-27)38(49)44(37(28)48)31-6-7-35(46)39-36(31)47/h4-5,20-22,24-26,31H,2-3,6-19,23H2,1H3,(H,39,46,47). The number of hydrogen-bond donors (Lipinski definition) is 1. The molecule has 4 saturated heterocycles. The van der Waals surface area contributed by atoms with E-state index in [0.29, 0.717) is 34.8 Å². The highest BCUT2D eigenvalue weighted by molar-refractivity contribution is 6.23. The minimum Gasteiger partial charge on any atom is -0.490 e. The van der Waals surface area contributed by atoms with Gasteiger partial charge in [0.15, 0.2) is 5.75 Å². The molecule has 8 rings (SSSR count). The van der Waals surface area contributed by atoms with E-state index in [2.05, 4.69) is 24.9 Å². The topological polar surface area (TPSA) is 149 Å². The number of hydrogen-bond acceptors (Lipinski definition) is 11. The fourth-order valence-corrected chi connectivity index (χ4v) is 9.05. The van der Waals surface area contributed by atoms with Crippen LogP contribution in [-0.2, 0) is 9.59 Å². The summed E-state index contributed by atoms with van der Waals surface area (Å²) in [5.74, 6) is -0.572. The Bertz CT molecular complexity index is 1770. The first-order valence-electron chi connectivity index (χ1n) is 18.9.